The Morgan fingerprint density at radius 3 is 2.64 bits per heavy atom. The number of ether oxygens (including phenoxy) is 1. The van der Waals surface area contributed by atoms with E-state index in [0.29, 0.717) is 19.5 Å². The summed E-state index contributed by atoms with van der Waals surface area (Å²) in [5, 5.41) is 2.10. The molecule has 4 aromatic rings. The molecule has 1 saturated heterocycles. The third kappa shape index (κ3) is 6.07. The molecule has 2 aromatic heterocycles. The second kappa shape index (κ2) is 11.6. The van der Waals surface area contributed by atoms with Crippen molar-refractivity contribution in [1.29, 1.82) is 0 Å². The largest absolute Gasteiger partial charge is 0.379 e. The summed E-state index contributed by atoms with van der Waals surface area (Å²) in [6.45, 7) is 5.38. The smallest absolute Gasteiger partial charge is 0.246 e. The van der Waals surface area contributed by atoms with Crippen molar-refractivity contribution in [2.75, 3.05) is 45.9 Å². The zero-order valence-electron chi connectivity index (χ0n) is 20.1. The molecular weight excluding hydrogens is 475 g/mol. The highest BCUT2D eigenvalue weighted by Gasteiger charge is 2.17. The zero-order chi connectivity index (χ0) is 24.7. The van der Waals surface area contributed by atoms with Crippen molar-refractivity contribution in [2.45, 2.75) is 6.42 Å². The number of thiazole rings is 1. The van der Waals surface area contributed by atoms with E-state index in [2.05, 4.69) is 14.7 Å². The molecule has 1 aliphatic heterocycles. The number of morpholine rings is 1. The Morgan fingerprint density at radius 1 is 1.08 bits per heavy atom. The van der Waals surface area contributed by atoms with E-state index < -0.39 is 0 Å². The molecule has 186 valence electrons. The Labute approximate surface area is 214 Å². The first kappa shape index (κ1) is 24.4. The van der Waals surface area contributed by atoms with Crippen LogP contribution >= 0.6 is 11.3 Å². The minimum Gasteiger partial charge on any atom is -0.379 e. The minimum atomic E-state index is -0.261. The van der Waals surface area contributed by atoms with Gasteiger partial charge in [-0.05, 0) is 35.9 Å². The van der Waals surface area contributed by atoms with Crippen LogP contribution in [0.1, 0.15) is 11.3 Å². The molecule has 0 spiro atoms. The quantitative estimate of drug-likeness (QED) is 0.312. The van der Waals surface area contributed by atoms with Crippen LogP contribution in [0, 0.1) is 5.82 Å². The van der Waals surface area contributed by atoms with Crippen molar-refractivity contribution >= 4 is 28.3 Å². The lowest BCUT2D eigenvalue weighted by atomic mass is 10.2. The topological polar surface area (TPSA) is 50.1 Å². The molecule has 1 aliphatic rings. The van der Waals surface area contributed by atoms with Crippen LogP contribution in [-0.4, -0.2) is 71.0 Å². The number of benzene rings is 2. The molecule has 1 fully saturated rings. The summed E-state index contributed by atoms with van der Waals surface area (Å²) in [6.07, 6.45) is 6.25. The number of rotatable bonds is 9. The molecular formula is C28H29FN4O2S. The monoisotopic (exact) mass is 504 g/mol. The summed E-state index contributed by atoms with van der Waals surface area (Å²) in [5.41, 5.74) is 3.80. The number of aromatic nitrogens is 2. The molecule has 3 heterocycles. The van der Waals surface area contributed by atoms with Crippen LogP contribution in [0.5, 0.6) is 0 Å². The molecule has 0 aliphatic carbocycles. The molecule has 0 atom stereocenters. The van der Waals surface area contributed by atoms with Gasteiger partial charge in [0, 0.05) is 68.1 Å². The number of halogens is 1. The summed E-state index contributed by atoms with van der Waals surface area (Å²) in [4.78, 5) is 23.0. The first-order valence-corrected chi connectivity index (χ1v) is 13.1. The lowest BCUT2D eigenvalue weighted by Crippen LogP contribution is -2.43. The Balaban J connectivity index is 1.29. The van der Waals surface area contributed by atoms with Gasteiger partial charge in [-0.1, -0.05) is 30.3 Å². The van der Waals surface area contributed by atoms with Crippen LogP contribution in [0.2, 0.25) is 0 Å². The molecule has 2 aromatic carbocycles. The maximum Gasteiger partial charge on any atom is 0.246 e. The van der Waals surface area contributed by atoms with E-state index in [1.54, 1.807) is 29.5 Å². The Bertz CT molecular complexity index is 1310. The van der Waals surface area contributed by atoms with Crippen LogP contribution in [0.4, 0.5) is 4.39 Å². The summed E-state index contributed by atoms with van der Waals surface area (Å²) in [7, 11) is 0. The van der Waals surface area contributed by atoms with Crippen molar-refractivity contribution in [2.24, 2.45) is 0 Å². The van der Waals surface area contributed by atoms with Gasteiger partial charge in [0.2, 0.25) is 5.91 Å². The summed E-state index contributed by atoms with van der Waals surface area (Å²) in [5.74, 6) is -0.250. The van der Waals surface area contributed by atoms with Crippen molar-refractivity contribution in [1.82, 2.24) is 19.2 Å². The molecule has 0 N–H and O–H groups in total. The Morgan fingerprint density at radius 2 is 1.86 bits per heavy atom. The highest BCUT2D eigenvalue weighted by atomic mass is 32.1. The summed E-state index contributed by atoms with van der Waals surface area (Å²) >= 11 is 1.57. The number of nitrogens with zero attached hydrogens (tertiary/aromatic N) is 4. The van der Waals surface area contributed by atoms with E-state index in [1.165, 1.54) is 12.1 Å². The molecule has 5 rings (SSSR count). The number of carbonyl (C=O) groups is 1. The van der Waals surface area contributed by atoms with E-state index in [-0.39, 0.29) is 11.7 Å². The number of hydrogen-bond acceptors (Lipinski definition) is 5. The molecule has 0 unspecified atom stereocenters. The molecule has 36 heavy (non-hydrogen) atoms. The van der Waals surface area contributed by atoms with Gasteiger partial charge in [-0.25, -0.2) is 9.37 Å². The lowest BCUT2D eigenvalue weighted by Gasteiger charge is -2.29. The van der Waals surface area contributed by atoms with Crippen molar-refractivity contribution in [3.63, 3.8) is 0 Å². The van der Waals surface area contributed by atoms with Crippen LogP contribution in [0.15, 0.2) is 72.3 Å². The fraction of sp³-hybridized carbons (Fsp3) is 0.286. The van der Waals surface area contributed by atoms with Gasteiger partial charge in [-0.3, -0.25) is 14.1 Å². The lowest BCUT2D eigenvalue weighted by molar-refractivity contribution is -0.126. The first-order chi connectivity index (χ1) is 17.7. The van der Waals surface area contributed by atoms with Gasteiger partial charge in [-0.2, -0.15) is 0 Å². The fourth-order valence-corrected chi connectivity index (χ4v) is 5.18. The molecule has 1 amide bonds. The van der Waals surface area contributed by atoms with Gasteiger partial charge in [0.25, 0.3) is 0 Å². The second-order valence-electron chi connectivity index (χ2n) is 8.79. The van der Waals surface area contributed by atoms with Gasteiger partial charge in [0.15, 0.2) is 4.96 Å². The van der Waals surface area contributed by atoms with Gasteiger partial charge in [0.1, 0.15) is 5.82 Å². The highest BCUT2D eigenvalue weighted by molar-refractivity contribution is 7.15. The number of carbonyl (C=O) groups excluding carboxylic acids is 1. The number of imidazole rings is 1. The van der Waals surface area contributed by atoms with Crippen LogP contribution in [-0.2, 0) is 16.0 Å². The van der Waals surface area contributed by atoms with Gasteiger partial charge < -0.3 is 9.64 Å². The number of fused-ring (bicyclic) bond motifs is 1. The second-order valence-corrected chi connectivity index (χ2v) is 9.62. The van der Waals surface area contributed by atoms with E-state index in [4.69, 9.17) is 9.72 Å². The zero-order valence-corrected chi connectivity index (χ0v) is 20.9. The maximum absolute atomic E-state index is 13.3. The summed E-state index contributed by atoms with van der Waals surface area (Å²) in [6, 6.07) is 16.3. The maximum atomic E-state index is 13.3. The van der Waals surface area contributed by atoms with E-state index >= 15 is 0 Å². The minimum absolute atomic E-state index is 0.0104. The van der Waals surface area contributed by atoms with Gasteiger partial charge >= 0.3 is 0 Å². The number of hydrogen-bond donors (Lipinski definition) is 0. The van der Waals surface area contributed by atoms with E-state index in [1.807, 2.05) is 47.5 Å². The standard InChI is InChI=1S/C28H29FN4O2S/c29-24-9-7-23(8-10-24)26-20-33-25(21-36-28(33)30-26)12-13-32(15-14-31-16-18-35-19-17-31)27(34)11-6-22-4-2-1-3-5-22/h1-11,20-21H,12-19H2. The third-order valence-corrected chi connectivity index (χ3v) is 7.27. The van der Waals surface area contributed by atoms with Gasteiger partial charge in [-0.15, -0.1) is 11.3 Å². The van der Waals surface area contributed by atoms with Crippen LogP contribution in [0.25, 0.3) is 22.3 Å². The first-order valence-electron chi connectivity index (χ1n) is 12.2. The highest BCUT2D eigenvalue weighted by Crippen LogP contribution is 2.24. The molecule has 8 heteroatoms. The third-order valence-electron chi connectivity index (χ3n) is 6.38. The average Bonchev–Trinajstić information content (AvgIpc) is 3.50. The van der Waals surface area contributed by atoms with Crippen LogP contribution in [0.3, 0.4) is 0 Å². The Hall–Kier alpha value is -3.33. The number of amides is 1. The predicted molar refractivity (Wildman–Crippen MR) is 141 cm³/mol. The summed E-state index contributed by atoms with van der Waals surface area (Å²) < 4.78 is 20.9. The molecule has 0 bridgehead atoms. The van der Waals surface area contributed by atoms with Crippen molar-refractivity contribution in [3.8, 4) is 11.3 Å². The predicted octanol–water partition coefficient (Wildman–Crippen LogP) is 4.62. The van der Waals surface area contributed by atoms with Crippen molar-refractivity contribution < 1.29 is 13.9 Å². The van der Waals surface area contributed by atoms with E-state index in [9.17, 15) is 9.18 Å². The SMILES string of the molecule is O=C(C=Cc1ccccc1)N(CCc1csc2nc(-c3ccc(F)cc3)cn12)CCN1CCOCC1. The van der Waals surface area contributed by atoms with E-state index in [0.717, 1.165) is 60.3 Å². The van der Waals surface area contributed by atoms with Crippen molar-refractivity contribution in [3.05, 3.63) is 89.3 Å². The molecule has 6 nitrogen and oxygen atoms in total. The fourth-order valence-electron chi connectivity index (χ4n) is 4.27. The Kier molecular flexibility index (Phi) is 7.85. The normalized spacial score (nSPS) is 14.6. The molecule has 0 radical (unpaired) electrons. The van der Waals surface area contributed by atoms with Gasteiger partial charge in [0.05, 0.1) is 18.9 Å². The average molecular weight is 505 g/mol. The van der Waals surface area contributed by atoms with Crippen LogP contribution < -0.4 is 0 Å². The molecule has 0 saturated carbocycles.